The molecule has 3 aromatic rings. The highest BCUT2D eigenvalue weighted by molar-refractivity contribution is 5.58. The van der Waals surface area contributed by atoms with Crippen molar-refractivity contribution < 1.29 is 0 Å². The average Bonchev–Trinajstić information content (AvgIpc) is 3.02. The number of rotatable bonds is 5. The molecule has 0 aliphatic carbocycles. The molecule has 0 amide bonds. The molecule has 0 radical (unpaired) electrons. The van der Waals surface area contributed by atoms with Gasteiger partial charge in [-0.2, -0.15) is 0 Å². The van der Waals surface area contributed by atoms with Gasteiger partial charge in [-0.1, -0.05) is 36.4 Å². The van der Waals surface area contributed by atoms with Gasteiger partial charge in [0.1, 0.15) is 5.82 Å². The van der Waals surface area contributed by atoms with Crippen LogP contribution < -0.4 is 5.32 Å². The molecule has 0 atom stereocenters. The fourth-order valence-corrected chi connectivity index (χ4v) is 2.45. The molecule has 1 aromatic carbocycles. The summed E-state index contributed by atoms with van der Waals surface area (Å²) in [5.74, 6) is 0.943. The van der Waals surface area contributed by atoms with Crippen molar-refractivity contribution >= 4 is 5.82 Å². The zero-order valence-corrected chi connectivity index (χ0v) is 12.0. The number of aryl methyl sites for hydroxylation is 2. The topological polar surface area (TPSA) is 42.7 Å². The molecular weight excluding hydrogens is 260 g/mol. The van der Waals surface area contributed by atoms with E-state index in [1.165, 1.54) is 11.1 Å². The van der Waals surface area contributed by atoms with E-state index < -0.39 is 0 Å². The van der Waals surface area contributed by atoms with Gasteiger partial charge >= 0.3 is 0 Å². The maximum atomic E-state index is 4.34. The number of anilines is 1. The van der Waals surface area contributed by atoms with Gasteiger partial charge in [-0.25, -0.2) is 9.97 Å². The lowest BCUT2D eigenvalue weighted by Crippen LogP contribution is -2.05. The van der Waals surface area contributed by atoms with Crippen LogP contribution in [0.25, 0.3) is 11.3 Å². The van der Waals surface area contributed by atoms with Crippen LogP contribution in [0.4, 0.5) is 5.82 Å². The molecule has 0 aliphatic heterocycles. The van der Waals surface area contributed by atoms with Crippen molar-refractivity contribution in [2.45, 2.75) is 13.0 Å². The van der Waals surface area contributed by atoms with Crippen molar-refractivity contribution in [3.05, 3.63) is 66.7 Å². The zero-order chi connectivity index (χ0) is 14.5. The molecule has 0 unspecified atom stereocenters. The van der Waals surface area contributed by atoms with Gasteiger partial charge in [0.2, 0.25) is 0 Å². The Morgan fingerprint density at radius 1 is 1.10 bits per heavy atom. The highest BCUT2D eigenvalue weighted by Crippen LogP contribution is 2.19. The first-order valence-electron chi connectivity index (χ1n) is 7.05. The van der Waals surface area contributed by atoms with E-state index in [0.29, 0.717) is 0 Å². The van der Waals surface area contributed by atoms with E-state index >= 15 is 0 Å². The molecule has 4 nitrogen and oxygen atoms in total. The summed E-state index contributed by atoms with van der Waals surface area (Å²) in [7, 11) is 1.90. The first-order chi connectivity index (χ1) is 10.4. The summed E-state index contributed by atoms with van der Waals surface area (Å²) in [5.41, 5.74) is 3.55. The Bertz CT molecular complexity index is 704. The summed E-state index contributed by atoms with van der Waals surface area (Å²) in [5, 5.41) is 3.14. The maximum absolute atomic E-state index is 4.34. The minimum Gasteiger partial charge on any atom is -0.373 e. The molecule has 0 spiro atoms. The van der Waals surface area contributed by atoms with E-state index in [9.17, 15) is 0 Å². The summed E-state index contributed by atoms with van der Waals surface area (Å²) in [6, 6.07) is 14.4. The minimum absolute atomic E-state index is 0.880. The number of hydrogen-bond acceptors (Lipinski definition) is 3. The Morgan fingerprint density at radius 2 is 1.95 bits per heavy atom. The molecule has 106 valence electrons. The molecule has 2 heterocycles. The largest absolute Gasteiger partial charge is 0.373 e. The highest BCUT2D eigenvalue weighted by atomic mass is 15.0. The van der Waals surface area contributed by atoms with Gasteiger partial charge in [0.15, 0.2) is 0 Å². The van der Waals surface area contributed by atoms with Gasteiger partial charge in [-0.3, -0.25) is 0 Å². The van der Waals surface area contributed by atoms with E-state index in [2.05, 4.69) is 38.1 Å². The third-order valence-electron chi connectivity index (χ3n) is 3.53. The Labute approximate surface area is 124 Å². The summed E-state index contributed by atoms with van der Waals surface area (Å²) in [6.07, 6.45) is 6.53. The predicted molar refractivity (Wildman–Crippen MR) is 85.2 cm³/mol. The third kappa shape index (κ3) is 2.94. The van der Waals surface area contributed by atoms with Crippen molar-refractivity contribution in [3.63, 3.8) is 0 Å². The number of hydrogen-bond donors (Lipinski definition) is 1. The lowest BCUT2D eigenvalue weighted by molar-refractivity contribution is 0.701. The van der Waals surface area contributed by atoms with E-state index in [4.69, 9.17) is 0 Å². The van der Waals surface area contributed by atoms with Gasteiger partial charge in [0, 0.05) is 19.8 Å². The maximum Gasteiger partial charge on any atom is 0.128 e. The van der Waals surface area contributed by atoms with Crippen molar-refractivity contribution in [1.29, 1.82) is 0 Å². The molecule has 0 bridgehead atoms. The Balaban J connectivity index is 1.79. The van der Waals surface area contributed by atoms with Crippen LogP contribution in [0.2, 0.25) is 0 Å². The summed E-state index contributed by atoms with van der Waals surface area (Å²) in [6.45, 7) is 0.880. The van der Waals surface area contributed by atoms with E-state index in [1.807, 2.05) is 50.0 Å². The molecule has 2 aromatic heterocycles. The molecule has 1 N–H and O–H groups in total. The molecule has 3 rings (SSSR count). The predicted octanol–water partition coefficient (Wildman–Crippen LogP) is 3.23. The number of nitrogens with one attached hydrogen (secondary N) is 1. The fraction of sp³-hybridized carbons (Fsp3) is 0.176. The van der Waals surface area contributed by atoms with Gasteiger partial charge < -0.3 is 9.88 Å². The van der Waals surface area contributed by atoms with Gasteiger partial charge in [0.05, 0.1) is 18.2 Å². The molecule has 0 saturated heterocycles. The normalized spacial score (nSPS) is 10.5. The fourth-order valence-electron chi connectivity index (χ4n) is 2.45. The SMILES string of the molecule is CNc1ncccc1CCn1cncc1-c1ccccc1. The van der Waals surface area contributed by atoms with Gasteiger partial charge in [-0.15, -0.1) is 0 Å². The van der Waals surface area contributed by atoms with Crippen LogP contribution in [0.15, 0.2) is 61.2 Å². The second kappa shape index (κ2) is 6.22. The van der Waals surface area contributed by atoms with Crippen molar-refractivity contribution in [1.82, 2.24) is 14.5 Å². The van der Waals surface area contributed by atoms with E-state index in [1.54, 1.807) is 0 Å². The second-order valence-electron chi connectivity index (χ2n) is 4.85. The number of pyridine rings is 1. The lowest BCUT2D eigenvalue weighted by atomic mass is 10.1. The zero-order valence-electron chi connectivity index (χ0n) is 12.0. The molecule has 0 fully saturated rings. The number of imidazole rings is 1. The molecule has 4 heteroatoms. The Kier molecular flexibility index (Phi) is 3.96. The molecule has 0 saturated carbocycles. The smallest absolute Gasteiger partial charge is 0.128 e. The molecule has 21 heavy (non-hydrogen) atoms. The van der Waals surface area contributed by atoms with Crippen molar-refractivity contribution in [2.75, 3.05) is 12.4 Å². The lowest BCUT2D eigenvalue weighted by Gasteiger charge is -2.10. The van der Waals surface area contributed by atoms with Crippen LogP contribution in [0.3, 0.4) is 0 Å². The number of nitrogens with zero attached hydrogens (tertiary/aromatic N) is 3. The third-order valence-corrected chi connectivity index (χ3v) is 3.53. The summed E-state index contributed by atoms with van der Waals surface area (Å²) in [4.78, 5) is 8.63. The van der Waals surface area contributed by atoms with Crippen LogP contribution in [0, 0.1) is 0 Å². The van der Waals surface area contributed by atoms with Gasteiger partial charge in [0.25, 0.3) is 0 Å². The second-order valence-corrected chi connectivity index (χ2v) is 4.85. The minimum atomic E-state index is 0.880. The summed E-state index contributed by atoms with van der Waals surface area (Å²) >= 11 is 0. The monoisotopic (exact) mass is 278 g/mol. The summed E-state index contributed by atoms with van der Waals surface area (Å²) < 4.78 is 2.18. The van der Waals surface area contributed by atoms with Crippen LogP contribution in [-0.2, 0) is 13.0 Å². The van der Waals surface area contributed by atoms with E-state index in [0.717, 1.165) is 24.5 Å². The van der Waals surface area contributed by atoms with Crippen LogP contribution in [0.5, 0.6) is 0 Å². The number of benzene rings is 1. The first kappa shape index (κ1) is 13.4. The Hall–Kier alpha value is -2.62. The van der Waals surface area contributed by atoms with Crippen LogP contribution in [0.1, 0.15) is 5.56 Å². The highest BCUT2D eigenvalue weighted by Gasteiger charge is 2.06. The van der Waals surface area contributed by atoms with Crippen molar-refractivity contribution in [3.8, 4) is 11.3 Å². The Morgan fingerprint density at radius 3 is 2.76 bits per heavy atom. The number of aromatic nitrogens is 3. The first-order valence-corrected chi connectivity index (χ1v) is 7.05. The quantitative estimate of drug-likeness (QED) is 0.779. The standard InChI is InChI=1S/C17H18N4/c1-18-17-15(8-5-10-20-17)9-11-21-13-19-12-16(21)14-6-3-2-4-7-14/h2-8,10,12-13H,9,11H2,1H3,(H,18,20). The van der Waals surface area contributed by atoms with E-state index in [-0.39, 0.29) is 0 Å². The molecule has 0 aliphatic rings. The van der Waals surface area contributed by atoms with Gasteiger partial charge in [-0.05, 0) is 23.6 Å². The van der Waals surface area contributed by atoms with Crippen LogP contribution >= 0.6 is 0 Å². The van der Waals surface area contributed by atoms with Crippen LogP contribution in [-0.4, -0.2) is 21.6 Å². The average molecular weight is 278 g/mol. The molecular formula is C17H18N4. The van der Waals surface area contributed by atoms with Crippen molar-refractivity contribution in [2.24, 2.45) is 0 Å².